The first-order valence-electron chi connectivity index (χ1n) is 6.98. The Balaban J connectivity index is 2.05. The lowest BCUT2D eigenvalue weighted by Crippen LogP contribution is -2.42. The molecular formula is C15H23FN2O. The van der Waals surface area contributed by atoms with Gasteiger partial charge in [0.2, 0.25) is 0 Å². The van der Waals surface area contributed by atoms with Crippen molar-refractivity contribution < 1.29 is 9.50 Å². The second-order valence-corrected chi connectivity index (χ2v) is 5.55. The zero-order chi connectivity index (χ0) is 13.9. The summed E-state index contributed by atoms with van der Waals surface area (Å²) < 4.78 is 14.1. The summed E-state index contributed by atoms with van der Waals surface area (Å²) in [6.07, 6.45) is 1.37. The van der Waals surface area contributed by atoms with Crippen LogP contribution in [-0.2, 0) is 6.54 Å². The van der Waals surface area contributed by atoms with E-state index in [0.717, 1.165) is 12.1 Å². The van der Waals surface area contributed by atoms with Crippen LogP contribution in [-0.4, -0.2) is 30.3 Å². The molecule has 2 N–H and O–H groups in total. The number of hydrogen-bond acceptors (Lipinski definition) is 3. The van der Waals surface area contributed by atoms with Crippen molar-refractivity contribution in [1.82, 2.24) is 5.32 Å². The van der Waals surface area contributed by atoms with Crippen molar-refractivity contribution >= 4 is 5.69 Å². The van der Waals surface area contributed by atoms with E-state index in [4.69, 9.17) is 0 Å². The molecule has 1 aliphatic heterocycles. The van der Waals surface area contributed by atoms with Gasteiger partial charge in [0.25, 0.3) is 0 Å². The predicted octanol–water partition coefficient (Wildman–Crippen LogP) is 2.29. The molecule has 0 saturated carbocycles. The topological polar surface area (TPSA) is 35.5 Å². The first-order chi connectivity index (χ1) is 9.02. The maximum absolute atomic E-state index is 14.1. The van der Waals surface area contributed by atoms with E-state index in [1.807, 2.05) is 30.9 Å². The third-order valence-corrected chi connectivity index (χ3v) is 3.77. The van der Waals surface area contributed by atoms with Gasteiger partial charge in [-0.3, -0.25) is 0 Å². The highest BCUT2D eigenvalue weighted by Gasteiger charge is 2.28. The first kappa shape index (κ1) is 14.3. The van der Waals surface area contributed by atoms with Gasteiger partial charge in [0.15, 0.2) is 0 Å². The molecular weight excluding hydrogens is 243 g/mol. The standard InChI is InChI=1S/C15H23FN2O/c1-3-17-11-12-4-5-14(13(16)10-12)18-8-6-15(2,19)7-9-18/h4-5,10,17,19H,3,6-9,11H2,1-2H3. The van der Waals surface area contributed by atoms with Crippen molar-refractivity contribution in [2.45, 2.75) is 38.8 Å². The van der Waals surface area contributed by atoms with E-state index >= 15 is 0 Å². The summed E-state index contributed by atoms with van der Waals surface area (Å²) in [5.41, 5.74) is 1.01. The summed E-state index contributed by atoms with van der Waals surface area (Å²) in [5.74, 6) is -0.169. The summed E-state index contributed by atoms with van der Waals surface area (Å²) in [6.45, 7) is 6.87. The minimum absolute atomic E-state index is 0.169. The molecule has 106 valence electrons. The molecule has 0 bridgehead atoms. The molecule has 4 heteroatoms. The summed E-state index contributed by atoms with van der Waals surface area (Å²) >= 11 is 0. The molecule has 1 fully saturated rings. The summed E-state index contributed by atoms with van der Waals surface area (Å²) in [6, 6.07) is 5.42. The maximum atomic E-state index is 14.1. The lowest BCUT2D eigenvalue weighted by Gasteiger charge is -2.37. The van der Waals surface area contributed by atoms with Gasteiger partial charge < -0.3 is 15.3 Å². The Labute approximate surface area is 114 Å². The fraction of sp³-hybridized carbons (Fsp3) is 0.600. The van der Waals surface area contributed by atoms with E-state index in [1.54, 1.807) is 6.07 Å². The average Bonchev–Trinajstić information content (AvgIpc) is 2.37. The van der Waals surface area contributed by atoms with Crippen molar-refractivity contribution in [3.8, 4) is 0 Å². The molecule has 0 aromatic heterocycles. The minimum Gasteiger partial charge on any atom is -0.390 e. The number of nitrogens with zero attached hydrogens (tertiary/aromatic N) is 1. The molecule has 1 aromatic carbocycles. The molecule has 19 heavy (non-hydrogen) atoms. The lowest BCUT2D eigenvalue weighted by molar-refractivity contribution is 0.0350. The van der Waals surface area contributed by atoms with Crippen LogP contribution in [0, 0.1) is 5.82 Å². The maximum Gasteiger partial charge on any atom is 0.146 e. The van der Waals surface area contributed by atoms with Gasteiger partial charge in [-0.1, -0.05) is 13.0 Å². The first-order valence-corrected chi connectivity index (χ1v) is 6.98. The van der Waals surface area contributed by atoms with Crippen LogP contribution in [0.15, 0.2) is 18.2 Å². The van der Waals surface area contributed by atoms with Crippen LogP contribution in [0.5, 0.6) is 0 Å². The molecule has 0 radical (unpaired) electrons. The van der Waals surface area contributed by atoms with Crippen molar-refractivity contribution in [3.63, 3.8) is 0 Å². The number of benzene rings is 1. The second-order valence-electron chi connectivity index (χ2n) is 5.55. The van der Waals surface area contributed by atoms with Crippen LogP contribution in [0.2, 0.25) is 0 Å². The third kappa shape index (κ3) is 3.67. The lowest BCUT2D eigenvalue weighted by atomic mass is 9.93. The Morgan fingerprint density at radius 2 is 2.05 bits per heavy atom. The van der Waals surface area contributed by atoms with E-state index < -0.39 is 5.60 Å². The number of rotatable bonds is 4. The van der Waals surface area contributed by atoms with Gasteiger partial charge in [-0.2, -0.15) is 0 Å². The highest BCUT2D eigenvalue weighted by atomic mass is 19.1. The quantitative estimate of drug-likeness (QED) is 0.877. The van der Waals surface area contributed by atoms with Crippen molar-refractivity contribution in [1.29, 1.82) is 0 Å². The molecule has 0 amide bonds. The second kappa shape index (κ2) is 5.88. The van der Waals surface area contributed by atoms with Crippen LogP contribution >= 0.6 is 0 Å². The summed E-state index contributed by atoms with van der Waals surface area (Å²) in [7, 11) is 0. The molecule has 0 spiro atoms. The fourth-order valence-electron chi connectivity index (χ4n) is 2.42. The molecule has 1 aliphatic rings. The van der Waals surface area contributed by atoms with Crippen LogP contribution < -0.4 is 10.2 Å². The summed E-state index contributed by atoms with van der Waals surface area (Å²) in [4.78, 5) is 2.02. The average molecular weight is 266 g/mol. The highest BCUT2D eigenvalue weighted by molar-refractivity contribution is 5.49. The van der Waals surface area contributed by atoms with Gasteiger partial charge in [0, 0.05) is 19.6 Å². The molecule has 0 aliphatic carbocycles. The van der Waals surface area contributed by atoms with Gasteiger partial charge in [0.1, 0.15) is 5.82 Å². The predicted molar refractivity (Wildman–Crippen MR) is 75.9 cm³/mol. The smallest absolute Gasteiger partial charge is 0.146 e. The van der Waals surface area contributed by atoms with Crippen LogP contribution in [0.4, 0.5) is 10.1 Å². The molecule has 1 saturated heterocycles. The largest absolute Gasteiger partial charge is 0.390 e. The molecule has 0 unspecified atom stereocenters. The van der Waals surface area contributed by atoms with Crippen molar-refractivity contribution in [3.05, 3.63) is 29.6 Å². The van der Waals surface area contributed by atoms with Crippen molar-refractivity contribution in [2.24, 2.45) is 0 Å². The number of aliphatic hydroxyl groups is 1. The molecule has 1 aromatic rings. The van der Waals surface area contributed by atoms with E-state index in [2.05, 4.69) is 5.32 Å². The molecule has 0 atom stereocenters. The van der Waals surface area contributed by atoms with Crippen LogP contribution in [0.1, 0.15) is 32.3 Å². The normalized spacial score (nSPS) is 18.6. The van der Waals surface area contributed by atoms with Gasteiger partial charge in [-0.15, -0.1) is 0 Å². The molecule has 3 nitrogen and oxygen atoms in total. The van der Waals surface area contributed by atoms with Gasteiger partial charge in [-0.25, -0.2) is 4.39 Å². The number of anilines is 1. The highest BCUT2D eigenvalue weighted by Crippen LogP contribution is 2.28. The van der Waals surface area contributed by atoms with E-state index in [9.17, 15) is 9.50 Å². The number of nitrogens with one attached hydrogen (secondary N) is 1. The van der Waals surface area contributed by atoms with E-state index in [1.165, 1.54) is 0 Å². The number of piperidine rings is 1. The van der Waals surface area contributed by atoms with E-state index in [0.29, 0.717) is 38.2 Å². The number of hydrogen-bond donors (Lipinski definition) is 2. The third-order valence-electron chi connectivity index (χ3n) is 3.77. The minimum atomic E-state index is -0.599. The Morgan fingerprint density at radius 3 is 2.63 bits per heavy atom. The number of halogens is 1. The Bertz CT molecular complexity index is 424. The van der Waals surface area contributed by atoms with Gasteiger partial charge in [-0.05, 0) is 44.0 Å². The zero-order valence-electron chi connectivity index (χ0n) is 11.7. The van der Waals surface area contributed by atoms with Crippen LogP contribution in [0.3, 0.4) is 0 Å². The van der Waals surface area contributed by atoms with Gasteiger partial charge >= 0.3 is 0 Å². The Hall–Kier alpha value is -1.13. The Kier molecular flexibility index (Phi) is 4.42. The SMILES string of the molecule is CCNCc1ccc(N2CCC(C)(O)CC2)c(F)c1. The fourth-order valence-corrected chi connectivity index (χ4v) is 2.42. The molecule has 1 heterocycles. The Morgan fingerprint density at radius 1 is 1.37 bits per heavy atom. The van der Waals surface area contributed by atoms with E-state index in [-0.39, 0.29) is 5.82 Å². The monoisotopic (exact) mass is 266 g/mol. The summed E-state index contributed by atoms with van der Waals surface area (Å²) in [5, 5.41) is 13.1. The van der Waals surface area contributed by atoms with Crippen molar-refractivity contribution in [2.75, 3.05) is 24.5 Å². The van der Waals surface area contributed by atoms with Crippen LogP contribution in [0.25, 0.3) is 0 Å². The molecule has 2 rings (SSSR count). The van der Waals surface area contributed by atoms with Gasteiger partial charge in [0.05, 0.1) is 11.3 Å². The zero-order valence-corrected chi connectivity index (χ0v) is 11.7.